The highest BCUT2D eigenvalue weighted by Gasteiger charge is 2.23. The van der Waals surface area contributed by atoms with Gasteiger partial charge in [-0.2, -0.15) is 0 Å². The van der Waals surface area contributed by atoms with Crippen LogP contribution in [0.25, 0.3) is 112 Å². The molecule has 51 heavy (non-hydrogen) atoms. The van der Waals surface area contributed by atoms with Crippen LogP contribution in [0.15, 0.2) is 152 Å². The highest BCUT2D eigenvalue weighted by Crippen LogP contribution is 2.48. The van der Waals surface area contributed by atoms with Gasteiger partial charge in [-0.25, -0.2) is 9.97 Å². The number of aromatic nitrogens is 3. The lowest BCUT2D eigenvalue weighted by Gasteiger charge is -2.14. The summed E-state index contributed by atoms with van der Waals surface area (Å²) < 4.78 is 7.54. The van der Waals surface area contributed by atoms with Gasteiger partial charge in [0.15, 0.2) is 0 Å². The molecule has 8 aromatic carbocycles. The fourth-order valence-electron chi connectivity index (χ4n) is 8.38. The van der Waals surface area contributed by atoms with Gasteiger partial charge in [-0.3, -0.25) is 4.57 Å². The average Bonchev–Trinajstić information content (AvgIpc) is 3.86. The van der Waals surface area contributed by atoms with Crippen LogP contribution in [0.4, 0.5) is 0 Å². The first kappa shape index (κ1) is 27.7. The first-order chi connectivity index (χ1) is 25.3. The normalized spacial score (nSPS) is 12.3. The number of nitrogens with zero attached hydrogens (tertiary/aromatic N) is 3. The molecule has 12 rings (SSSR count). The lowest BCUT2D eigenvalue weighted by molar-refractivity contribution is 1.01. The maximum absolute atomic E-state index is 5.58. The summed E-state index contributed by atoms with van der Waals surface area (Å²) in [5, 5.41) is 13.6. The molecule has 0 saturated carbocycles. The number of rotatable bonds is 2. The van der Waals surface area contributed by atoms with Crippen LogP contribution in [0, 0.1) is 0 Å². The zero-order valence-electron chi connectivity index (χ0n) is 27.1. The molecule has 0 amide bonds. The Balaban J connectivity index is 1.26. The van der Waals surface area contributed by atoms with Gasteiger partial charge in [0.05, 0.1) is 22.2 Å². The van der Waals surface area contributed by atoms with E-state index in [9.17, 15) is 0 Å². The molecule has 12 aromatic rings. The average molecular weight is 684 g/mol. The summed E-state index contributed by atoms with van der Waals surface area (Å²) in [7, 11) is 0. The first-order valence-corrected chi connectivity index (χ1v) is 18.8. The molecule has 4 heterocycles. The van der Waals surface area contributed by atoms with Gasteiger partial charge in [0.2, 0.25) is 5.95 Å². The largest absolute Gasteiger partial charge is 0.278 e. The smallest absolute Gasteiger partial charge is 0.235 e. The standard InChI is InChI=1S/C46H25N3S2/c1-2-12-27-26(11-1)25-35(29-14-4-3-13-28(27)29)43-34-17-5-8-18-36(34)47-46(48-43)49-37-23-21-32-30-15-6-9-19-39(30)50-44(32)41(37)42-38(49)24-22-33-31-16-7-10-20-40(31)51-45(33)42/h1-25H. The van der Waals surface area contributed by atoms with Gasteiger partial charge in [-0.1, -0.05) is 115 Å². The van der Waals surface area contributed by atoms with Crippen molar-refractivity contribution < 1.29 is 0 Å². The summed E-state index contributed by atoms with van der Waals surface area (Å²) in [6, 6.07) is 54.9. The van der Waals surface area contributed by atoms with Crippen molar-refractivity contribution in [3.63, 3.8) is 0 Å². The van der Waals surface area contributed by atoms with Gasteiger partial charge in [-0.15, -0.1) is 22.7 Å². The van der Waals surface area contributed by atoms with E-state index in [4.69, 9.17) is 9.97 Å². The number of fused-ring (bicyclic) bond motifs is 15. The summed E-state index contributed by atoms with van der Waals surface area (Å²) in [6.07, 6.45) is 0. The van der Waals surface area contributed by atoms with Crippen LogP contribution in [0.2, 0.25) is 0 Å². The van der Waals surface area contributed by atoms with E-state index in [1.54, 1.807) is 0 Å². The van der Waals surface area contributed by atoms with E-state index in [-0.39, 0.29) is 0 Å². The predicted octanol–water partition coefficient (Wildman–Crippen LogP) is 13.4. The second-order valence-corrected chi connectivity index (χ2v) is 15.4. The van der Waals surface area contributed by atoms with Crippen molar-refractivity contribution >= 4 is 117 Å². The minimum absolute atomic E-state index is 0.682. The Hall–Kier alpha value is -6.14. The summed E-state index contributed by atoms with van der Waals surface area (Å²) in [5.41, 5.74) is 5.23. The van der Waals surface area contributed by atoms with Crippen molar-refractivity contribution in [2.24, 2.45) is 0 Å². The number of hydrogen-bond donors (Lipinski definition) is 0. The Labute approximate surface area is 299 Å². The zero-order valence-corrected chi connectivity index (χ0v) is 28.7. The molecule has 0 fully saturated rings. The van der Waals surface area contributed by atoms with E-state index in [2.05, 4.69) is 156 Å². The van der Waals surface area contributed by atoms with Crippen LogP contribution < -0.4 is 0 Å². The van der Waals surface area contributed by atoms with Gasteiger partial charge < -0.3 is 0 Å². The Morgan fingerprint density at radius 2 is 0.941 bits per heavy atom. The lowest BCUT2D eigenvalue weighted by Crippen LogP contribution is -2.03. The second-order valence-electron chi connectivity index (χ2n) is 13.3. The van der Waals surface area contributed by atoms with Gasteiger partial charge in [0, 0.05) is 62.1 Å². The SMILES string of the molecule is c1ccc2c(c1)cc(-c1nc(-n3c4ccc5c6ccccc6sc5c4c4c5sc6ccccc6c5ccc43)nc3ccccc13)c1ccccc12. The maximum Gasteiger partial charge on any atom is 0.235 e. The number of thiophene rings is 2. The maximum atomic E-state index is 5.58. The molecule has 0 radical (unpaired) electrons. The summed E-state index contributed by atoms with van der Waals surface area (Å²) in [6.45, 7) is 0. The first-order valence-electron chi connectivity index (χ1n) is 17.2. The molecule has 0 aliphatic rings. The molecule has 4 aromatic heterocycles. The van der Waals surface area contributed by atoms with Gasteiger partial charge in [0.25, 0.3) is 0 Å². The van der Waals surface area contributed by atoms with Crippen molar-refractivity contribution in [2.75, 3.05) is 0 Å². The van der Waals surface area contributed by atoms with Gasteiger partial charge >= 0.3 is 0 Å². The highest BCUT2D eigenvalue weighted by atomic mass is 32.1. The van der Waals surface area contributed by atoms with E-state index in [0.29, 0.717) is 5.95 Å². The molecule has 5 heteroatoms. The van der Waals surface area contributed by atoms with Crippen molar-refractivity contribution in [3.05, 3.63) is 152 Å². The fourth-order valence-corrected chi connectivity index (χ4v) is 10.9. The van der Waals surface area contributed by atoms with Crippen molar-refractivity contribution in [3.8, 4) is 17.2 Å². The molecule has 0 unspecified atom stereocenters. The molecule has 3 nitrogen and oxygen atoms in total. The molecule has 236 valence electrons. The van der Waals surface area contributed by atoms with Crippen molar-refractivity contribution in [1.82, 2.24) is 14.5 Å². The minimum atomic E-state index is 0.682. The Kier molecular flexibility index (Phi) is 5.53. The molecule has 0 atom stereocenters. The van der Waals surface area contributed by atoms with Crippen molar-refractivity contribution in [2.45, 2.75) is 0 Å². The van der Waals surface area contributed by atoms with E-state index < -0.39 is 0 Å². The third-order valence-electron chi connectivity index (χ3n) is 10.6. The van der Waals surface area contributed by atoms with Gasteiger partial charge in [0.1, 0.15) is 0 Å². The molecular weight excluding hydrogens is 659 g/mol. The Morgan fingerprint density at radius 3 is 1.61 bits per heavy atom. The minimum Gasteiger partial charge on any atom is -0.278 e. The van der Waals surface area contributed by atoms with Crippen LogP contribution in [0.5, 0.6) is 0 Å². The van der Waals surface area contributed by atoms with E-state index in [1.165, 1.54) is 72.7 Å². The van der Waals surface area contributed by atoms with Crippen LogP contribution in [-0.4, -0.2) is 14.5 Å². The summed E-state index contributed by atoms with van der Waals surface area (Å²) in [5.74, 6) is 0.682. The number of benzene rings is 8. The zero-order chi connectivity index (χ0) is 33.2. The quantitative estimate of drug-likeness (QED) is 0.170. The molecule has 0 bridgehead atoms. The predicted molar refractivity (Wildman–Crippen MR) is 220 cm³/mol. The Morgan fingerprint density at radius 1 is 0.412 bits per heavy atom. The highest BCUT2D eigenvalue weighted by molar-refractivity contribution is 7.28. The summed E-state index contributed by atoms with van der Waals surface area (Å²) >= 11 is 3.77. The molecule has 0 aliphatic carbocycles. The van der Waals surface area contributed by atoms with Crippen LogP contribution in [0.1, 0.15) is 0 Å². The van der Waals surface area contributed by atoms with E-state index in [1.807, 2.05) is 22.7 Å². The Bertz CT molecular complexity index is 3310. The van der Waals surface area contributed by atoms with Crippen LogP contribution in [-0.2, 0) is 0 Å². The third-order valence-corrected chi connectivity index (χ3v) is 13.0. The van der Waals surface area contributed by atoms with E-state index in [0.717, 1.165) is 33.2 Å². The lowest BCUT2D eigenvalue weighted by atomic mass is 9.94. The van der Waals surface area contributed by atoms with Crippen LogP contribution in [0.3, 0.4) is 0 Å². The van der Waals surface area contributed by atoms with E-state index >= 15 is 0 Å². The molecular formula is C46H25N3S2. The third kappa shape index (κ3) is 3.77. The second kappa shape index (κ2) is 10.2. The molecule has 0 N–H and O–H groups in total. The number of hydrogen-bond acceptors (Lipinski definition) is 4. The topological polar surface area (TPSA) is 30.7 Å². The fraction of sp³-hybridized carbons (Fsp3) is 0. The summed E-state index contributed by atoms with van der Waals surface area (Å²) in [4.78, 5) is 10.9. The molecule has 0 aliphatic heterocycles. The molecule has 0 saturated heterocycles. The van der Waals surface area contributed by atoms with Crippen molar-refractivity contribution in [1.29, 1.82) is 0 Å². The van der Waals surface area contributed by atoms with Crippen LogP contribution >= 0.6 is 22.7 Å². The number of para-hydroxylation sites is 1. The monoisotopic (exact) mass is 683 g/mol. The molecule has 0 spiro atoms. The van der Waals surface area contributed by atoms with Gasteiger partial charge in [-0.05, 0) is 57.9 Å².